The monoisotopic (exact) mass is 409 g/mol. The zero-order chi connectivity index (χ0) is 20.4. The highest BCUT2D eigenvalue weighted by Gasteiger charge is 2.16. The van der Waals surface area contributed by atoms with Crippen LogP contribution in [-0.2, 0) is 12.8 Å². The van der Waals surface area contributed by atoms with Crippen molar-refractivity contribution in [2.45, 2.75) is 45.6 Å². The van der Waals surface area contributed by atoms with Crippen LogP contribution < -0.4 is 10.2 Å². The summed E-state index contributed by atoms with van der Waals surface area (Å²) in [7, 11) is 0. The van der Waals surface area contributed by atoms with Gasteiger partial charge in [-0.15, -0.1) is 0 Å². The van der Waals surface area contributed by atoms with Gasteiger partial charge in [0.05, 0.1) is 17.3 Å². The number of carbonyl (C=O) groups is 1. The maximum absolute atomic E-state index is 12.5. The molecule has 0 saturated carbocycles. The number of hydrogen-bond acceptors (Lipinski definition) is 3. The number of rotatable bonds is 5. The summed E-state index contributed by atoms with van der Waals surface area (Å²) in [5.41, 5.74) is 7.73. The summed E-state index contributed by atoms with van der Waals surface area (Å²) < 4.78 is 5.62. The maximum Gasteiger partial charge on any atom is 0.271 e. The van der Waals surface area contributed by atoms with Gasteiger partial charge in [0.25, 0.3) is 5.91 Å². The number of H-pyrrole nitrogens is 1. The lowest BCUT2D eigenvalue weighted by molar-refractivity contribution is 0.0955. The number of ether oxygens (including phenoxy) is 1. The molecule has 0 radical (unpaired) electrons. The van der Waals surface area contributed by atoms with Crippen molar-refractivity contribution < 1.29 is 9.53 Å². The van der Waals surface area contributed by atoms with Crippen molar-refractivity contribution in [3.63, 3.8) is 0 Å². The number of nitrogens with one attached hydrogen (secondary N) is 2. The van der Waals surface area contributed by atoms with Crippen LogP contribution in [0.1, 0.15) is 53.9 Å². The molecule has 1 aromatic heterocycles. The third kappa shape index (κ3) is 4.30. The van der Waals surface area contributed by atoms with E-state index in [4.69, 9.17) is 16.3 Å². The van der Waals surface area contributed by atoms with Crippen LogP contribution in [0, 0.1) is 0 Å². The number of benzene rings is 2. The second-order valence-corrected chi connectivity index (χ2v) is 8.01. The van der Waals surface area contributed by atoms with E-state index in [0.29, 0.717) is 16.3 Å². The number of fused-ring (bicyclic) bond motifs is 3. The van der Waals surface area contributed by atoms with E-state index in [-0.39, 0.29) is 12.0 Å². The standard InChI is InChI=1S/C23H24ClN3O2/c1-14(2)29-22-10-7-15(11-19(22)24)13-25-27-23(28)16-8-9-21-18(12-16)17-5-3-4-6-20(17)26-21/h7-14,26H,3-6H2,1-2H3,(H,27,28)/b25-13-. The van der Waals surface area contributed by atoms with E-state index in [1.807, 2.05) is 38.1 Å². The number of halogens is 1. The number of hydrogen-bond donors (Lipinski definition) is 2. The Labute approximate surface area is 175 Å². The number of aryl methyl sites for hydroxylation is 2. The van der Waals surface area contributed by atoms with Crippen LogP contribution in [0.3, 0.4) is 0 Å². The van der Waals surface area contributed by atoms with Crippen molar-refractivity contribution in [3.05, 3.63) is 63.8 Å². The zero-order valence-corrected chi connectivity index (χ0v) is 17.3. The predicted octanol–water partition coefficient (Wildman–Crippen LogP) is 5.25. The van der Waals surface area contributed by atoms with Crippen molar-refractivity contribution in [1.82, 2.24) is 10.4 Å². The second kappa shape index (κ2) is 8.29. The summed E-state index contributed by atoms with van der Waals surface area (Å²) in [6, 6.07) is 11.2. The molecule has 150 valence electrons. The molecule has 0 spiro atoms. The Bertz CT molecular complexity index is 1090. The highest BCUT2D eigenvalue weighted by atomic mass is 35.5. The summed E-state index contributed by atoms with van der Waals surface area (Å²) >= 11 is 6.24. The molecule has 4 rings (SSSR count). The Morgan fingerprint density at radius 2 is 2.03 bits per heavy atom. The number of carbonyl (C=O) groups excluding carboxylic acids is 1. The van der Waals surface area contributed by atoms with Crippen molar-refractivity contribution >= 4 is 34.6 Å². The molecule has 29 heavy (non-hydrogen) atoms. The number of amides is 1. The molecular weight excluding hydrogens is 386 g/mol. The van der Waals surface area contributed by atoms with Crippen LogP contribution >= 0.6 is 11.6 Å². The van der Waals surface area contributed by atoms with E-state index in [2.05, 4.69) is 15.5 Å². The number of aromatic nitrogens is 1. The van der Waals surface area contributed by atoms with Gasteiger partial charge in [-0.25, -0.2) is 5.43 Å². The zero-order valence-electron chi connectivity index (χ0n) is 16.6. The minimum Gasteiger partial charge on any atom is -0.489 e. The SMILES string of the molecule is CC(C)Oc1ccc(/C=N\NC(=O)c2ccc3[nH]c4c(c3c2)CCCC4)cc1Cl. The van der Waals surface area contributed by atoms with E-state index in [9.17, 15) is 4.79 Å². The molecular formula is C23H24ClN3O2. The van der Waals surface area contributed by atoms with Crippen molar-refractivity contribution in [1.29, 1.82) is 0 Å². The van der Waals surface area contributed by atoms with Gasteiger partial charge in [-0.1, -0.05) is 11.6 Å². The van der Waals surface area contributed by atoms with E-state index in [1.165, 1.54) is 24.1 Å². The van der Waals surface area contributed by atoms with Gasteiger partial charge in [-0.05, 0) is 87.1 Å². The summed E-state index contributed by atoms with van der Waals surface area (Å²) in [6.45, 7) is 3.89. The molecule has 0 atom stereocenters. The van der Waals surface area contributed by atoms with E-state index in [0.717, 1.165) is 29.3 Å². The number of hydrazone groups is 1. The number of nitrogens with zero attached hydrogens (tertiary/aromatic N) is 1. The van der Waals surface area contributed by atoms with E-state index < -0.39 is 0 Å². The Kier molecular flexibility index (Phi) is 5.58. The van der Waals surface area contributed by atoms with Crippen molar-refractivity contribution in [3.8, 4) is 5.75 Å². The molecule has 0 saturated heterocycles. The lowest BCUT2D eigenvalue weighted by Crippen LogP contribution is -2.17. The van der Waals surface area contributed by atoms with Crippen LogP contribution in [0.4, 0.5) is 0 Å². The molecule has 1 heterocycles. The Hall–Kier alpha value is -2.79. The van der Waals surface area contributed by atoms with Gasteiger partial charge in [0.2, 0.25) is 0 Å². The van der Waals surface area contributed by atoms with Gasteiger partial charge in [0, 0.05) is 22.2 Å². The van der Waals surface area contributed by atoms with Gasteiger partial charge in [-0.3, -0.25) is 4.79 Å². The first-order valence-corrected chi connectivity index (χ1v) is 10.3. The molecule has 0 unspecified atom stereocenters. The molecule has 2 N–H and O–H groups in total. The van der Waals surface area contributed by atoms with Gasteiger partial charge in [0.15, 0.2) is 0 Å². The smallest absolute Gasteiger partial charge is 0.271 e. The van der Waals surface area contributed by atoms with Crippen LogP contribution in [0.2, 0.25) is 5.02 Å². The third-order valence-electron chi connectivity index (χ3n) is 5.06. The fourth-order valence-corrected chi connectivity index (χ4v) is 3.96. The Balaban J connectivity index is 1.46. The first-order chi connectivity index (χ1) is 14.0. The molecule has 5 nitrogen and oxygen atoms in total. The molecule has 0 bridgehead atoms. The molecule has 1 aliphatic carbocycles. The lowest BCUT2D eigenvalue weighted by atomic mass is 9.95. The summed E-state index contributed by atoms with van der Waals surface area (Å²) in [4.78, 5) is 16.0. The fourth-order valence-electron chi connectivity index (χ4n) is 3.72. The third-order valence-corrected chi connectivity index (χ3v) is 5.35. The summed E-state index contributed by atoms with van der Waals surface area (Å²) in [6.07, 6.45) is 6.18. The molecule has 1 aliphatic rings. The van der Waals surface area contributed by atoms with Crippen LogP contribution in [-0.4, -0.2) is 23.2 Å². The highest BCUT2D eigenvalue weighted by molar-refractivity contribution is 6.32. The second-order valence-electron chi connectivity index (χ2n) is 7.61. The largest absolute Gasteiger partial charge is 0.489 e. The van der Waals surface area contributed by atoms with Gasteiger partial charge < -0.3 is 9.72 Å². The van der Waals surface area contributed by atoms with Crippen LogP contribution in [0.25, 0.3) is 10.9 Å². The maximum atomic E-state index is 12.5. The first-order valence-electron chi connectivity index (χ1n) is 9.94. The van der Waals surface area contributed by atoms with Crippen molar-refractivity contribution in [2.24, 2.45) is 5.10 Å². The predicted molar refractivity (Wildman–Crippen MR) is 117 cm³/mol. The van der Waals surface area contributed by atoms with Crippen LogP contribution in [0.15, 0.2) is 41.5 Å². The molecule has 1 amide bonds. The van der Waals surface area contributed by atoms with Gasteiger partial charge >= 0.3 is 0 Å². The average Bonchev–Trinajstić information content (AvgIpc) is 3.07. The highest BCUT2D eigenvalue weighted by Crippen LogP contribution is 2.30. The van der Waals surface area contributed by atoms with Crippen molar-refractivity contribution in [2.75, 3.05) is 0 Å². The quantitative estimate of drug-likeness (QED) is 0.446. The minimum absolute atomic E-state index is 0.0503. The molecule has 3 aromatic rings. The Morgan fingerprint density at radius 3 is 2.83 bits per heavy atom. The van der Waals surface area contributed by atoms with Crippen LogP contribution in [0.5, 0.6) is 5.75 Å². The fraction of sp³-hybridized carbons (Fsp3) is 0.304. The topological polar surface area (TPSA) is 66.5 Å². The summed E-state index contributed by atoms with van der Waals surface area (Å²) in [5, 5.41) is 5.73. The van der Waals surface area contributed by atoms with E-state index in [1.54, 1.807) is 18.3 Å². The molecule has 0 fully saturated rings. The van der Waals surface area contributed by atoms with Gasteiger partial charge in [-0.2, -0.15) is 5.10 Å². The lowest BCUT2D eigenvalue weighted by Gasteiger charge is -2.11. The molecule has 0 aliphatic heterocycles. The molecule has 2 aromatic carbocycles. The normalized spacial score (nSPS) is 13.8. The summed E-state index contributed by atoms with van der Waals surface area (Å²) in [5.74, 6) is 0.394. The molecule has 6 heteroatoms. The Morgan fingerprint density at radius 1 is 1.21 bits per heavy atom. The first kappa shape index (κ1) is 19.5. The van der Waals surface area contributed by atoms with Gasteiger partial charge in [0.1, 0.15) is 5.75 Å². The number of aromatic amines is 1. The minimum atomic E-state index is -0.236. The van der Waals surface area contributed by atoms with E-state index >= 15 is 0 Å². The average molecular weight is 410 g/mol.